The van der Waals surface area contributed by atoms with E-state index in [9.17, 15) is 0 Å². The molecule has 0 amide bonds. The molecule has 0 radical (unpaired) electrons. The molecule has 4 heterocycles. The number of hydrogen-bond acceptors (Lipinski definition) is 5. The van der Waals surface area contributed by atoms with Gasteiger partial charge < -0.3 is 9.09 Å². The van der Waals surface area contributed by atoms with Crippen LogP contribution in [0.15, 0.2) is 35.1 Å². The van der Waals surface area contributed by atoms with E-state index >= 15 is 0 Å². The molecule has 7 nitrogen and oxygen atoms in total. The van der Waals surface area contributed by atoms with Crippen LogP contribution in [0.4, 0.5) is 0 Å². The average molecular weight is 367 g/mol. The van der Waals surface area contributed by atoms with Gasteiger partial charge in [-0.25, -0.2) is 14.6 Å². The third-order valence-corrected chi connectivity index (χ3v) is 4.80. The van der Waals surface area contributed by atoms with Crippen molar-refractivity contribution in [2.75, 3.05) is 0 Å². The van der Waals surface area contributed by atoms with Gasteiger partial charge >= 0.3 is 0 Å². The minimum atomic E-state index is 0.519. The van der Waals surface area contributed by atoms with Crippen LogP contribution in [-0.4, -0.2) is 29.5 Å². The molecule has 1 aromatic carbocycles. The summed E-state index contributed by atoms with van der Waals surface area (Å²) in [6.07, 6.45) is 2.36. The number of rotatable bonds is 2. The van der Waals surface area contributed by atoms with E-state index in [1.807, 2.05) is 49.1 Å². The van der Waals surface area contributed by atoms with Crippen molar-refractivity contribution in [1.29, 1.82) is 0 Å². The predicted molar refractivity (Wildman–Crippen MR) is 95.5 cm³/mol. The van der Waals surface area contributed by atoms with Crippen LogP contribution in [0, 0.1) is 13.8 Å². The number of nitrogens with zero attached hydrogens (tertiary/aromatic N) is 6. The number of benzene rings is 1. The lowest BCUT2D eigenvalue weighted by Crippen LogP contribution is -2.06. The molecule has 0 N–H and O–H groups in total. The summed E-state index contributed by atoms with van der Waals surface area (Å²) < 4.78 is 9.13. The van der Waals surface area contributed by atoms with Gasteiger partial charge in [-0.15, -0.1) is 0 Å². The van der Waals surface area contributed by atoms with Crippen LogP contribution in [0.1, 0.15) is 28.7 Å². The van der Waals surface area contributed by atoms with Crippen molar-refractivity contribution < 1.29 is 4.52 Å². The predicted octanol–water partition coefficient (Wildman–Crippen LogP) is 3.34. The molecule has 5 rings (SSSR count). The number of fused-ring (bicyclic) bond motifs is 5. The highest BCUT2D eigenvalue weighted by Crippen LogP contribution is 2.33. The minimum Gasteiger partial charge on any atom is -0.361 e. The van der Waals surface area contributed by atoms with Crippen LogP contribution in [-0.2, 0) is 13.0 Å². The zero-order chi connectivity index (χ0) is 17.8. The zero-order valence-corrected chi connectivity index (χ0v) is 15.0. The van der Waals surface area contributed by atoms with Crippen molar-refractivity contribution in [3.8, 4) is 17.1 Å². The molecule has 1 aliphatic heterocycles. The van der Waals surface area contributed by atoms with E-state index in [0.29, 0.717) is 23.8 Å². The highest BCUT2D eigenvalue weighted by Gasteiger charge is 2.24. The molecular weight excluding hydrogens is 352 g/mol. The van der Waals surface area contributed by atoms with Crippen LogP contribution in [0.25, 0.3) is 17.1 Å². The first-order chi connectivity index (χ1) is 12.6. The SMILES string of the molecule is Cc1cc(Cc2nc3n(n2)Cc2c(C)ncn2-c2ccc(Cl)cc2-3)no1. The molecule has 0 fully saturated rings. The maximum atomic E-state index is 6.26. The molecule has 0 spiro atoms. The van der Waals surface area contributed by atoms with E-state index in [-0.39, 0.29) is 0 Å². The van der Waals surface area contributed by atoms with Gasteiger partial charge in [0.15, 0.2) is 11.6 Å². The highest BCUT2D eigenvalue weighted by atomic mass is 35.5. The summed E-state index contributed by atoms with van der Waals surface area (Å²) in [7, 11) is 0. The van der Waals surface area contributed by atoms with Gasteiger partial charge in [-0.1, -0.05) is 16.8 Å². The summed E-state index contributed by atoms with van der Waals surface area (Å²) in [5, 5.41) is 9.40. The van der Waals surface area contributed by atoms with Crippen molar-refractivity contribution in [2.45, 2.75) is 26.8 Å². The van der Waals surface area contributed by atoms with E-state index in [2.05, 4.69) is 14.7 Å². The fourth-order valence-corrected chi connectivity index (χ4v) is 3.51. The lowest BCUT2D eigenvalue weighted by molar-refractivity contribution is 0.391. The molecule has 0 saturated heterocycles. The van der Waals surface area contributed by atoms with E-state index in [1.54, 1.807) is 0 Å². The lowest BCUT2D eigenvalue weighted by atomic mass is 10.1. The Balaban J connectivity index is 1.67. The highest BCUT2D eigenvalue weighted by molar-refractivity contribution is 6.31. The number of imidazole rings is 1. The number of halogens is 1. The summed E-state index contributed by atoms with van der Waals surface area (Å²) in [6.45, 7) is 4.47. The minimum absolute atomic E-state index is 0.519. The monoisotopic (exact) mass is 366 g/mol. The van der Waals surface area contributed by atoms with Gasteiger partial charge in [0, 0.05) is 16.7 Å². The molecule has 0 saturated carbocycles. The smallest absolute Gasteiger partial charge is 0.160 e. The van der Waals surface area contributed by atoms with Crippen molar-refractivity contribution in [1.82, 2.24) is 29.5 Å². The Morgan fingerprint density at radius 2 is 2.12 bits per heavy atom. The first kappa shape index (κ1) is 15.3. The van der Waals surface area contributed by atoms with E-state index in [1.165, 1.54) is 0 Å². The van der Waals surface area contributed by atoms with Crippen molar-refractivity contribution in [3.05, 3.63) is 64.3 Å². The Labute approximate surface area is 154 Å². The summed E-state index contributed by atoms with van der Waals surface area (Å²) in [4.78, 5) is 9.23. The lowest BCUT2D eigenvalue weighted by Gasteiger charge is -2.08. The fourth-order valence-electron chi connectivity index (χ4n) is 3.34. The molecule has 0 atom stereocenters. The number of hydrogen-bond donors (Lipinski definition) is 0. The van der Waals surface area contributed by atoms with Crippen LogP contribution in [0.5, 0.6) is 0 Å². The van der Waals surface area contributed by atoms with E-state index in [4.69, 9.17) is 26.2 Å². The summed E-state index contributed by atoms with van der Waals surface area (Å²) in [5.41, 5.74) is 4.81. The molecule has 1 aliphatic rings. The molecular formula is C18H15ClN6O. The Morgan fingerprint density at radius 3 is 2.92 bits per heavy atom. The molecule has 26 heavy (non-hydrogen) atoms. The normalized spacial score (nSPS) is 12.4. The van der Waals surface area contributed by atoms with Crippen molar-refractivity contribution >= 4 is 11.6 Å². The Hall–Kier alpha value is -2.93. The molecule has 130 valence electrons. The van der Waals surface area contributed by atoms with Crippen LogP contribution >= 0.6 is 11.6 Å². The summed E-state index contributed by atoms with van der Waals surface area (Å²) >= 11 is 6.26. The van der Waals surface area contributed by atoms with Gasteiger partial charge in [-0.2, -0.15) is 5.10 Å². The quantitative estimate of drug-likeness (QED) is 0.479. The number of aromatic nitrogens is 6. The van der Waals surface area contributed by atoms with Gasteiger partial charge in [0.25, 0.3) is 0 Å². The van der Waals surface area contributed by atoms with Crippen LogP contribution in [0.3, 0.4) is 0 Å². The van der Waals surface area contributed by atoms with Crippen molar-refractivity contribution in [3.63, 3.8) is 0 Å². The maximum absolute atomic E-state index is 6.26. The second kappa shape index (κ2) is 5.54. The largest absolute Gasteiger partial charge is 0.361 e. The molecule has 0 bridgehead atoms. The van der Waals surface area contributed by atoms with Gasteiger partial charge in [0.1, 0.15) is 5.76 Å². The van der Waals surface area contributed by atoms with Gasteiger partial charge in [0.05, 0.1) is 42.1 Å². The Kier molecular flexibility index (Phi) is 3.27. The second-order valence-corrected chi connectivity index (χ2v) is 6.86. The Bertz CT molecular complexity index is 1140. The van der Waals surface area contributed by atoms with Crippen molar-refractivity contribution in [2.24, 2.45) is 0 Å². The molecule has 0 aliphatic carbocycles. The van der Waals surface area contributed by atoms with E-state index < -0.39 is 0 Å². The second-order valence-electron chi connectivity index (χ2n) is 6.42. The van der Waals surface area contributed by atoms with Crippen LogP contribution in [0.2, 0.25) is 5.02 Å². The summed E-state index contributed by atoms with van der Waals surface area (Å²) in [5.74, 6) is 2.27. The average Bonchev–Trinajstić information content (AvgIpc) is 3.28. The van der Waals surface area contributed by atoms with E-state index in [0.717, 1.165) is 39.9 Å². The molecule has 0 unspecified atom stereocenters. The fraction of sp³-hybridized carbons (Fsp3) is 0.222. The first-order valence-corrected chi connectivity index (χ1v) is 8.65. The van der Waals surface area contributed by atoms with Gasteiger partial charge in [-0.05, 0) is 32.0 Å². The third kappa shape index (κ3) is 2.35. The van der Waals surface area contributed by atoms with Crippen LogP contribution < -0.4 is 0 Å². The summed E-state index contributed by atoms with van der Waals surface area (Å²) in [6, 6.07) is 7.69. The standard InChI is InChI=1S/C18H15ClN6O/c1-10-5-13(23-26-10)7-17-21-18-14-6-12(19)3-4-15(14)24-9-20-11(2)16(24)8-25(18)22-17/h3-6,9H,7-8H2,1-2H3. The molecule has 4 aromatic rings. The first-order valence-electron chi connectivity index (χ1n) is 8.27. The third-order valence-electron chi connectivity index (χ3n) is 4.57. The number of aryl methyl sites for hydroxylation is 2. The maximum Gasteiger partial charge on any atom is 0.160 e. The topological polar surface area (TPSA) is 74.6 Å². The zero-order valence-electron chi connectivity index (χ0n) is 14.3. The van der Waals surface area contributed by atoms with Gasteiger partial charge in [-0.3, -0.25) is 0 Å². The molecule has 8 heteroatoms. The van der Waals surface area contributed by atoms with Gasteiger partial charge in [0.2, 0.25) is 0 Å². The molecule has 3 aromatic heterocycles. The Morgan fingerprint density at radius 1 is 1.23 bits per heavy atom.